The number of ether oxygens (including phenoxy) is 1. The summed E-state index contributed by atoms with van der Waals surface area (Å²) in [5.74, 6) is -4.97. The molecule has 0 bridgehead atoms. The van der Waals surface area contributed by atoms with Gasteiger partial charge in [-0.3, -0.25) is 19.5 Å². The van der Waals surface area contributed by atoms with Crippen LogP contribution in [-0.2, 0) is 14.3 Å². The molecule has 7 nitrogen and oxygen atoms in total. The third kappa shape index (κ3) is 7.04. The van der Waals surface area contributed by atoms with Gasteiger partial charge < -0.3 is 15.4 Å². The lowest BCUT2D eigenvalue weighted by atomic mass is 9.91. The zero-order valence-electron chi connectivity index (χ0n) is 22.3. The predicted octanol–water partition coefficient (Wildman–Crippen LogP) is 5.88. The Kier molecular flexibility index (Phi) is 7.28. The molecule has 2 N–H and O–H groups in total. The number of hydrogen-bond donors (Lipinski definition) is 2. The van der Waals surface area contributed by atoms with Crippen molar-refractivity contribution in [1.29, 1.82) is 0 Å². The van der Waals surface area contributed by atoms with E-state index < -0.39 is 75.6 Å². The summed E-state index contributed by atoms with van der Waals surface area (Å²) in [7, 11) is -8.68. The summed E-state index contributed by atoms with van der Waals surface area (Å²) in [4.78, 5) is 30.1. The summed E-state index contributed by atoms with van der Waals surface area (Å²) in [6.07, 6.45) is 0.808. The van der Waals surface area contributed by atoms with Crippen molar-refractivity contribution in [2.75, 3.05) is 18.6 Å². The Morgan fingerprint density at radius 2 is 1.80 bits per heavy atom. The van der Waals surface area contributed by atoms with Gasteiger partial charge in [0.1, 0.15) is 10.9 Å². The van der Waals surface area contributed by atoms with E-state index in [1.54, 1.807) is 0 Å². The molecule has 1 unspecified atom stereocenters. The first-order valence-corrected chi connectivity index (χ1v) is 14.3. The van der Waals surface area contributed by atoms with Crippen LogP contribution in [0.2, 0.25) is 0 Å². The zero-order chi connectivity index (χ0) is 30.3. The second-order valence-electron chi connectivity index (χ2n) is 9.88. The average Bonchev–Trinajstić information content (AvgIpc) is 3.39. The molecule has 2 fully saturated rings. The number of halogens is 7. The number of carbonyl (C=O) groups is 2. The first-order valence-electron chi connectivity index (χ1n) is 12.9. The van der Waals surface area contributed by atoms with E-state index in [2.05, 4.69) is 15.6 Å². The van der Waals surface area contributed by atoms with Gasteiger partial charge in [-0.15, -0.1) is 0 Å². The Labute approximate surface area is 227 Å². The highest BCUT2D eigenvalue weighted by Gasteiger charge is 2.65. The SMILES string of the molecule is [2H]C(C(=O)NC1CCC(F)(F)CC1)(c1cccnc1)N(C(=O)[C@H]1C[C@@H](OC)CN1)c1ccc(S(F)(F)(F)(F)F)cc1. The molecule has 4 rings (SSSR count). The van der Waals surface area contributed by atoms with Crippen LogP contribution in [0.3, 0.4) is 0 Å². The van der Waals surface area contributed by atoms with E-state index >= 15 is 0 Å². The molecule has 1 aliphatic carbocycles. The van der Waals surface area contributed by atoms with Crippen LogP contribution in [-0.4, -0.2) is 54.6 Å². The van der Waals surface area contributed by atoms with Crippen LogP contribution in [0.1, 0.15) is 45.1 Å². The minimum Gasteiger partial charge on any atom is -0.380 e. The fourth-order valence-electron chi connectivity index (χ4n) is 4.75. The molecule has 1 aromatic carbocycles. The minimum atomic E-state index is -10.1. The molecule has 2 amide bonds. The predicted molar refractivity (Wildman–Crippen MR) is 135 cm³/mol. The number of rotatable bonds is 8. The molecular weight excluding hydrogens is 569 g/mol. The van der Waals surface area contributed by atoms with E-state index in [0.717, 1.165) is 6.20 Å². The molecule has 0 radical (unpaired) electrons. The highest BCUT2D eigenvalue weighted by atomic mass is 32.5. The Morgan fingerprint density at radius 1 is 1.15 bits per heavy atom. The number of methoxy groups -OCH3 is 1. The molecule has 1 aliphatic heterocycles. The van der Waals surface area contributed by atoms with Crippen molar-refractivity contribution < 1.29 is 43.9 Å². The second-order valence-corrected chi connectivity index (χ2v) is 12.3. The van der Waals surface area contributed by atoms with Gasteiger partial charge in [-0.25, -0.2) is 8.78 Å². The zero-order valence-corrected chi connectivity index (χ0v) is 22.1. The largest absolute Gasteiger partial charge is 0.380 e. The van der Waals surface area contributed by atoms with Crippen molar-refractivity contribution >= 4 is 27.7 Å². The minimum absolute atomic E-state index is 0.0812. The summed E-state index contributed by atoms with van der Waals surface area (Å²) < 4.78 is 109. The molecule has 1 saturated heterocycles. The monoisotopic (exact) mass is 599 g/mol. The topological polar surface area (TPSA) is 83.6 Å². The van der Waals surface area contributed by atoms with Crippen molar-refractivity contribution in [2.45, 2.75) is 67.1 Å². The molecule has 2 aromatic rings. The van der Waals surface area contributed by atoms with E-state index in [-0.39, 0.29) is 43.5 Å². The number of nitrogens with one attached hydrogen (secondary N) is 2. The van der Waals surface area contributed by atoms with Gasteiger partial charge in [0.05, 0.1) is 13.5 Å². The smallest absolute Gasteiger partial charge is 0.310 e. The third-order valence-corrected chi connectivity index (χ3v) is 8.07. The standard InChI is InChI=1S/C25H29F7N4O3S/c1-39-19-13-21(34-15-19)24(38)36(18-4-6-20(7-5-18)40(28,29,30,31)32)22(16-3-2-12-33-14-16)23(37)35-17-8-10-25(26,27)11-9-17/h2-7,12,14,17,19,21-22,34H,8-11,13,15H2,1H3,(H,35,37)/t19-,21-,22?/m1/s1/i22D. The number of nitrogens with zero attached hydrogens (tertiary/aromatic N) is 2. The number of benzene rings is 1. The molecule has 2 aliphatic rings. The third-order valence-electron chi connectivity index (χ3n) is 6.91. The average molecular weight is 600 g/mol. The van der Waals surface area contributed by atoms with E-state index in [1.165, 1.54) is 25.4 Å². The Bertz CT molecular complexity index is 1280. The van der Waals surface area contributed by atoms with Crippen molar-refractivity contribution in [3.63, 3.8) is 0 Å². The summed E-state index contributed by atoms with van der Waals surface area (Å²) in [6, 6.07) is -0.571. The number of alkyl halides is 2. The quantitative estimate of drug-likeness (QED) is 0.370. The fraction of sp³-hybridized carbons (Fsp3) is 0.480. The van der Waals surface area contributed by atoms with Crippen molar-refractivity contribution in [3.05, 3.63) is 54.4 Å². The van der Waals surface area contributed by atoms with Crippen molar-refractivity contribution in [3.8, 4) is 0 Å². The van der Waals surface area contributed by atoms with Gasteiger partial charge in [-0.2, -0.15) is 0 Å². The van der Waals surface area contributed by atoms with E-state index in [1.807, 2.05) is 0 Å². The van der Waals surface area contributed by atoms with Gasteiger partial charge in [0.25, 0.3) is 0 Å². The maximum atomic E-state index is 13.9. The van der Waals surface area contributed by atoms with E-state index in [4.69, 9.17) is 4.74 Å². The molecule has 1 saturated carbocycles. The number of hydrogen-bond acceptors (Lipinski definition) is 5. The van der Waals surface area contributed by atoms with Gasteiger partial charge in [-0.05, 0) is 49.6 Å². The van der Waals surface area contributed by atoms with Crippen LogP contribution in [0, 0.1) is 0 Å². The lowest BCUT2D eigenvalue weighted by Gasteiger charge is -2.41. The summed E-state index contributed by atoms with van der Waals surface area (Å²) in [5.41, 5.74) is -0.627. The second kappa shape index (κ2) is 10.2. The first-order chi connectivity index (χ1) is 18.8. The molecule has 2 heterocycles. The Morgan fingerprint density at radius 3 is 2.33 bits per heavy atom. The summed E-state index contributed by atoms with van der Waals surface area (Å²) in [6.45, 7) is 0.213. The number of carbonyl (C=O) groups excluding carboxylic acids is 2. The fourth-order valence-corrected chi connectivity index (χ4v) is 5.40. The van der Waals surface area contributed by atoms with Crippen molar-refractivity contribution in [2.24, 2.45) is 0 Å². The Hall–Kier alpha value is -2.91. The van der Waals surface area contributed by atoms with Gasteiger partial charge in [0, 0.05) is 56.2 Å². The number of pyridine rings is 1. The lowest BCUT2D eigenvalue weighted by Crippen LogP contribution is -2.52. The van der Waals surface area contributed by atoms with Gasteiger partial charge in [0.2, 0.25) is 17.7 Å². The summed E-state index contributed by atoms with van der Waals surface area (Å²) in [5, 5.41) is 5.42. The highest BCUT2D eigenvalue weighted by Crippen LogP contribution is 3.02. The van der Waals surface area contributed by atoms with Crippen LogP contribution in [0.15, 0.2) is 53.7 Å². The maximum absolute atomic E-state index is 13.9. The number of anilines is 1. The Balaban J connectivity index is 1.81. The van der Waals surface area contributed by atoms with Crippen LogP contribution >= 0.6 is 10.2 Å². The number of amides is 2. The van der Waals surface area contributed by atoms with Gasteiger partial charge in [-0.1, -0.05) is 25.5 Å². The molecule has 222 valence electrons. The van der Waals surface area contributed by atoms with Gasteiger partial charge in [0.15, 0.2) is 0 Å². The normalized spacial score (nSPS) is 25.1. The molecule has 15 heteroatoms. The van der Waals surface area contributed by atoms with Crippen LogP contribution in [0.5, 0.6) is 0 Å². The molecule has 1 aromatic heterocycles. The first kappa shape index (κ1) is 28.6. The molecule has 40 heavy (non-hydrogen) atoms. The molecule has 0 spiro atoms. The molecule has 3 atom stereocenters. The lowest BCUT2D eigenvalue weighted by molar-refractivity contribution is -0.128. The highest BCUT2D eigenvalue weighted by molar-refractivity contribution is 8.45. The van der Waals surface area contributed by atoms with E-state index in [9.17, 15) is 39.2 Å². The maximum Gasteiger partial charge on any atom is 0.310 e. The van der Waals surface area contributed by atoms with Crippen LogP contribution in [0.4, 0.5) is 33.9 Å². The number of aromatic nitrogens is 1. The molecular formula is C25H29F7N4O3S. The summed E-state index contributed by atoms with van der Waals surface area (Å²) >= 11 is 0. The van der Waals surface area contributed by atoms with Crippen LogP contribution in [0.25, 0.3) is 0 Å². The van der Waals surface area contributed by atoms with Crippen molar-refractivity contribution in [1.82, 2.24) is 15.6 Å². The van der Waals surface area contributed by atoms with Gasteiger partial charge >= 0.3 is 10.2 Å². The van der Waals surface area contributed by atoms with E-state index in [0.29, 0.717) is 17.0 Å². The van der Waals surface area contributed by atoms with Crippen LogP contribution < -0.4 is 15.5 Å².